The molecule has 2 aliphatic rings. The summed E-state index contributed by atoms with van der Waals surface area (Å²) in [6, 6.07) is 6.06. The van der Waals surface area contributed by atoms with Crippen molar-refractivity contribution in [3.8, 4) is 0 Å². The summed E-state index contributed by atoms with van der Waals surface area (Å²) < 4.78 is 10.5. The third-order valence-electron chi connectivity index (χ3n) is 6.64. The van der Waals surface area contributed by atoms with Crippen LogP contribution >= 0.6 is 11.6 Å². The first-order valence-corrected chi connectivity index (χ1v) is 12.3. The zero-order valence-corrected chi connectivity index (χ0v) is 21.4. The number of hydrogen-bond acceptors (Lipinski definition) is 7. The molecule has 2 saturated heterocycles. The number of morpholine rings is 1. The zero-order chi connectivity index (χ0) is 26.0. The molecule has 1 atom stereocenters. The number of nitrogens with one attached hydrogen (secondary N) is 1. The Balaban J connectivity index is 1.78. The van der Waals surface area contributed by atoms with Crippen molar-refractivity contribution in [1.82, 2.24) is 14.8 Å². The largest absolute Gasteiger partial charge is 0.507 e. The van der Waals surface area contributed by atoms with Crippen molar-refractivity contribution in [2.24, 2.45) is 0 Å². The van der Waals surface area contributed by atoms with Gasteiger partial charge in [0.25, 0.3) is 11.7 Å². The molecular weight excluding hydrogens is 486 g/mol. The van der Waals surface area contributed by atoms with E-state index in [0.29, 0.717) is 53.7 Å². The van der Waals surface area contributed by atoms with E-state index in [0.717, 1.165) is 13.1 Å². The third kappa shape index (κ3) is 4.91. The van der Waals surface area contributed by atoms with Crippen molar-refractivity contribution in [3.05, 3.63) is 62.9 Å². The topological polar surface area (TPSA) is 112 Å². The van der Waals surface area contributed by atoms with Gasteiger partial charge in [-0.05, 0) is 44.0 Å². The number of aromatic nitrogens is 1. The molecule has 10 heteroatoms. The number of carbonyl (C=O) groups excluding carboxylic acids is 3. The monoisotopic (exact) mass is 515 g/mol. The van der Waals surface area contributed by atoms with Crippen LogP contribution in [0.2, 0.25) is 5.02 Å². The average Bonchev–Trinajstić information content (AvgIpc) is 3.30. The Morgan fingerprint density at radius 1 is 1.17 bits per heavy atom. The van der Waals surface area contributed by atoms with Gasteiger partial charge in [0.2, 0.25) is 0 Å². The fourth-order valence-electron chi connectivity index (χ4n) is 4.82. The SMILES string of the molecule is CCOC(=O)c1[nH]c(C)c(C(O)=C2C(=O)C(=O)N(CCN3CCOCC3)[C@H]2c2ccc(Cl)cc2)c1C. The summed E-state index contributed by atoms with van der Waals surface area (Å²) in [6.45, 7) is 8.85. The van der Waals surface area contributed by atoms with Gasteiger partial charge in [0.05, 0.1) is 31.4 Å². The molecule has 1 amide bonds. The van der Waals surface area contributed by atoms with E-state index >= 15 is 0 Å². The number of aromatic amines is 1. The first-order valence-electron chi connectivity index (χ1n) is 11.9. The lowest BCUT2D eigenvalue weighted by Crippen LogP contribution is -2.42. The van der Waals surface area contributed by atoms with Gasteiger partial charge in [-0.2, -0.15) is 0 Å². The molecule has 0 unspecified atom stereocenters. The molecule has 1 aromatic carbocycles. The Morgan fingerprint density at radius 2 is 1.83 bits per heavy atom. The van der Waals surface area contributed by atoms with Crippen LogP contribution in [0.4, 0.5) is 0 Å². The summed E-state index contributed by atoms with van der Waals surface area (Å²) in [6.07, 6.45) is 0. The van der Waals surface area contributed by atoms with Gasteiger partial charge in [-0.15, -0.1) is 0 Å². The first kappa shape index (κ1) is 25.9. The minimum atomic E-state index is -0.803. The number of carbonyl (C=O) groups is 3. The Hall–Kier alpha value is -3.14. The van der Waals surface area contributed by atoms with Crippen molar-refractivity contribution < 1.29 is 29.0 Å². The molecule has 2 aromatic rings. The molecule has 0 spiro atoms. The number of benzene rings is 1. The normalized spacial score (nSPS) is 20.2. The number of esters is 1. The molecule has 0 bridgehead atoms. The number of ketones is 1. The molecule has 9 nitrogen and oxygen atoms in total. The second-order valence-electron chi connectivity index (χ2n) is 8.84. The van der Waals surface area contributed by atoms with Gasteiger partial charge in [-0.3, -0.25) is 14.5 Å². The molecule has 2 N–H and O–H groups in total. The van der Waals surface area contributed by atoms with Gasteiger partial charge in [0.1, 0.15) is 11.5 Å². The van der Waals surface area contributed by atoms with Gasteiger partial charge in [-0.25, -0.2) is 4.79 Å². The van der Waals surface area contributed by atoms with Crippen LogP contribution in [0.25, 0.3) is 5.76 Å². The highest BCUT2D eigenvalue weighted by molar-refractivity contribution is 6.46. The van der Waals surface area contributed by atoms with Crippen LogP contribution in [0.5, 0.6) is 0 Å². The highest BCUT2D eigenvalue weighted by Gasteiger charge is 2.46. The van der Waals surface area contributed by atoms with E-state index in [1.165, 1.54) is 4.90 Å². The summed E-state index contributed by atoms with van der Waals surface area (Å²) in [5.41, 5.74) is 2.06. The lowest BCUT2D eigenvalue weighted by Gasteiger charge is -2.31. The van der Waals surface area contributed by atoms with Crippen molar-refractivity contribution in [2.75, 3.05) is 46.0 Å². The highest BCUT2D eigenvalue weighted by Crippen LogP contribution is 2.41. The Bertz CT molecular complexity index is 1200. The van der Waals surface area contributed by atoms with Gasteiger partial charge in [-0.1, -0.05) is 23.7 Å². The van der Waals surface area contributed by atoms with E-state index in [4.69, 9.17) is 21.1 Å². The molecule has 1 aromatic heterocycles. The number of ether oxygens (including phenoxy) is 2. The lowest BCUT2D eigenvalue weighted by molar-refractivity contribution is -0.140. The van der Waals surface area contributed by atoms with Crippen LogP contribution in [-0.2, 0) is 19.1 Å². The molecular formula is C26H30ClN3O6. The number of hydrogen-bond donors (Lipinski definition) is 2. The van der Waals surface area contributed by atoms with Crippen LogP contribution < -0.4 is 0 Å². The summed E-state index contributed by atoms with van der Waals surface area (Å²) in [5, 5.41) is 12.0. The molecule has 0 saturated carbocycles. The molecule has 0 radical (unpaired) electrons. The predicted molar refractivity (Wildman–Crippen MR) is 134 cm³/mol. The number of halogens is 1. The van der Waals surface area contributed by atoms with E-state index in [1.54, 1.807) is 45.0 Å². The fourth-order valence-corrected chi connectivity index (χ4v) is 4.95. The van der Waals surface area contributed by atoms with Crippen molar-refractivity contribution in [1.29, 1.82) is 0 Å². The minimum Gasteiger partial charge on any atom is -0.507 e. The van der Waals surface area contributed by atoms with E-state index in [9.17, 15) is 19.5 Å². The quantitative estimate of drug-likeness (QED) is 0.252. The smallest absolute Gasteiger partial charge is 0.355 e. The van der Waals surface area contributed by atoms with Crippen molar-refractivity contribution >= 4 is 35.0 Å². The summed E-state index contributed by atoms with van der Waals surface area (Å²) >= 11 is 6.09. The molecule has 4 rings (SSSR count). The van der Waals surface area contributed by atoms with E-state index < -0.39 is 23.7 Å². The van der Waals surface area contributed by atoms with Crippen molar-refractivity contribution in [3.63, 3.8) is 0 Å². The number of rotatable bonds is 7. The summed E-state index contributed by atoms with van der Waals surface area (Å²) in [5.74, 6) is -2.34. The number of aryl methyl sites for hydroxylation is 1. The standard InChI is InChI=1S/C26H30ClN3O6/c1-4-36-26(34)21-15(2)19(16(3)28-21)23(31)20-22(17-5-7-18(27)8-6-17)30(25(33)24(20)32)10-9-29-11-13-35-14-12-29/h5-8,22,28,31H,4,9-14H2,1-3H3/t22-/m0/s1. The van der Waals surface area contributed by atoms with E-state index in [-0.39, 0.29) is 23.6 Å². The first-order chi connectivity index (χ1) is 17.2. The maximum absolute atomic E-state index is 13.3. The van der Waals surface area contributed by atoms with Crippen LogP contribution in [0, 0.1) is 13.8 Å². The fraction of sp³-hybridized carbons (Fsp3) is 0.423. The maximum Gasteiger partial charge on any atom is 0.355 e. The number of Topliss-reactive ketones (excluding diaryl/α,β-unsaturated/α-hetero) is 1. The maximum atomic E-state index is 13.3. The van der Waals surface area contributed by atoms with Gasteiger partial charge < -0.3 is 24.5 Å². The number of aliphatic hydroxyl groups is 1. The predicted octanol–water partition coefficient (Wildman–Crippen LogP) is 3.22. The average molecular weight is 516 g/mol. The van der Waals surface area contributed by atoms with Crippen LogP contribution in [0.15, 0.2) is 29.8 Å². The molecule has 36 heavy (non-hydrogen) atoms. The minimum absolute atomic E-state index is 0.0232. The second-order valence-corrected chi connectivity index (χ2v) is 9.28. The second kappa shape index (κ2) is 10.9. The lowest BCUT2D eigenvalue weighted by atomic mass is 9.94. The molecule has 0 aliphatic carbocycles. The number of nitrogens with zero attached hydrogens (tertiary/aromatic N) is 2. The Labute approximate surface area is 214 Å². The number of H-pyrrole nitrogens is 1. The Morgan fingerprint density at radius 3 is 2.47 bits per heavy atom. The van der Waals surface area contributed by atoms with Gasteiger partial charge in [0.15, 0.2) is 0 Å². The molecule has 2 fully saturated rings. The molecule has 192 valence electrons. The third-order valence-corrected chi connectivity index (χ3v) is 6.89. The Kier molecular flexibility index (Phi) is 7.82. The van der Waals surface area contributed by atoms with Crippen molar-refractivity contribution in [2.45, 2.75) is 26.8 Å². The molecule has 3 heterocycles. The van der Waals surface area contributed by atoms with Crippen LogP contribution in [0.3, 0.4) is 0 Å². The number of likely N-dealkylation sites (tertiary alicyclic amines) is 1. The molecule has 2 aliphatic heterocycles. The van der Waals surface area contributed by atoms with Crippen LogP contribution in [0.1, 0.15) is 45.8 Å². The summed E-state index contributed by atoms with van der Waals surface area (Å²) in [7, 11) is 0. The summed E-state index contributed by atoms with van der Waals surface area (Å²) in [4.78, 5) is 45.6. The number of aliphatic hydroxyl groups excluding tert-OH is 1. The van der Waals surface area contributed by atoms with E-state index in [1.807, 2.05) is 0 Å². The highest BCUT2D eigenvalue weighted by atomic mass is 35.5. The van der Waals surface area contributed by atoms with Gasteiger partial charge in [0, 0.05) is 42.5 Å². The number of amides is 1. The van der Waals surface area contributed by atoms with Gasteiger partial charge >= 0.3 is 5.97 Å². The zero-order valence-electron chi connectivity index (χ0n) is 20.6. The van der Waals surface area contributed by atoms with Crippen LogP contribution in [-0.4, -0.2) is 83.5 Å². The van der Waals surface area contributed by atoms with E-state index in [2.05, 4.69) is 9.88 Å².